The average molecular weight is 279 g/mol. The number of nitrogens with one attached hydrogen (secondary N) is 1. The molecule has 0 saturated heterocycles. The molecule has 1 fully saturated rings. The minimum Gasteiger partial charge on any atom is -0.497 e. The van der Waals surface area contributed by atoms with Gasteiger partial charge in [-0.1, -0.05) is 12.8 Å². The Labute approximate surface area is 118 Å². The van der Waals surface area contributed by atoms with Crippen molar-refractivity contribution in [1.82, 2.24) is 5.32 Å². The second-order valence-corrected chi connectivity index (χ2v) is 5.00. The highest BCUT2D eigenvalue weighted by Crippen LogP contribution is 2.25. The third-order valence-corrected chi connectivity index (χ3v) is 3.70. The minimum absolute atomic E-state index is 0.188. The van der Waals surface area contributed by atoms with Crippen LogP contribution in [-0.2, 0) is 0 Å². The summed E-state index contributed by atoms with van der Waals surface area (Å²) in [6.07, 6.45) is 3.11. The van der Waals surface area contributed by atoms with E-state index in [9.17, 15) is 9.90 Å². The SMILES string of the molecule is COc1ccc(OC)c(C(=O)N[C@@H]2CCCC[C@H]2O)c1. The Bertz CT molecular complexity index is 475. The van der Waals surface area contributed by atoms with Crippen LogP contribution >= 0.6 is 0 Å². The molecule has 1 aromatic carbocycles. The Kier molecular flexibility index (Phi) is 4.84. The molecular formula is C15H21NO4. The third kappa shape index (κ3) is 3.22. The number of hydrogen-bond donors (Lipinski definition) is 2. The molecule has 1 saturated carbocycles. The van der Waals surface area contributed by atoms with Gasteiger partial charge in [0, 0.05) is 0 Å². The van der Waals surface area contributed by atoms with Gasteiger partial charge in [-0.25, -0.2) is 0 Å². The molecule has 20 heavy (non-hydrogen) atoms. The molecule has 2 rings (SSSR count). The van der Waals surface area contributed by atoms with Crippen molar-refractivity contribution in [2.75, 3.05) is 14.2 Å². The van der Waals surface area contributed by atoms with E-state index >= 15 is 0 Å². The molecule has 1 aliphatic carbocycles. The van der Waals surface area contributed by atoms with Gasteiger partial charge >= 0.3 is 0 Å². The Hall–Kier alpha value is -1.75. The lowest BCUT2D eigenvalue weighted by atomic mass is 9.92. The van der Waals surface area contributed by atoms with Crippen molar-refractivity contribution < 1.29 is 19.4 Å². The third-order valence-electron chi connectivity index (χ3n) is 3.70. The number of benzene rings is 1. The Morgan fingerprint density at radius 2 is 2.00 bits per heavy atom. The smallest absolute Gasteiger partial charge is 0.255 e. The summed E-state index contributed by atoms with van der Waals surface area (Å²) >= 11 is 0. The summed E-state index contributed by atoms with van der Waals surface area (Å²) in [5, 5.41) is 12.8. The van der Waals surface area contributed by atoms with E-state index in [0.717, 1.165) is 25.7 Å². The highest BCUT2D eigenvalue weighted by molar-refractivity contribution is 5.97. The molecule has 1 aromatic rings. The largest absolute Gasteiger partial charge is 0.497 e. The number of carbonyl (C=O) groups excluding carboxylic acids is 1. The second kappa shape index (κ2) is 6.61. The van der Waals surface area contributed by atoms with Crippen molar-refractivity contribution in [3.63, 3.8) is 0 Å². The molecule has 1 amide bonds. The molecule has 0 aliphatic heterocycles. The zero-order valence-electron chi connectivity index (χ0n) is 11.9. The molecule has 0 heterocycles. The maximum absolute atomic E-state index is 12.3. The zero-order chi connectivity index (χ0) is 14.5. The van der Waals surface area contributed by atoms with Crippen molar-refractivity contribution in [3.05, 3.63) is 23.8 Å². The number of methoxy groups -OCH3 is 2. The van der Waals surface area contributed by atoms with Crippen molar-refractivity contribution in [2.24, 2.45) is 0 Å². The Morgan fingerprint density at radius 1 is 1.25 bits per heavy atom. The van der Waals surface area contributed by atoms with Gasteiger partial charge < -0.3 is 19.9 Å². The van der Waals surface area contributed by atoms with Crippen LogP contribution in [0.4, 0.5) is 0 Å². The van der Waals surface area contributed by atoms with Gasteiger partial charge in [0.25, 0.3) is 5.91 Å². The molecule has 0 spiro atoms. The molecule has 1 aliphatic rings. The summed E-state index contributed by atoms with van der Waals surface area (Å²) in [4.78, 5) is 12.3. The first kappa shape index (κ1) is 14.7. The fraction of sp³-hybridized carbons (Fsp3) is 0.533. The molecule has 2 atom stereocenters. The summed E-state index contributed by atoms with van der Waals surface area (Å²) < 4.78 is 10.3. The monoisotopic (exact) mass is 279 g/mol. The molecule has 5 nitrogen and oxygen atoms in total. The van der Waals surface area contributed by atoms with E-state index in [2.05, 4.69) is 5.32 Å². The first-order chi connectivity index (χ1) is 9.65. The van der Waals surface area contributed by atoms with Crippen LogP contribution in [0.1, 0.15) is 36.0 Å². The first-order valence-corrected chi connectivity index (χ1v) is 6.86. The van der Waals surface area contributed by atoms with Gasteiger partial charge in [-0.15, -0.1) is 0 Å². The fourth-order valence-corrected chi connectivity index (χ4v) is 2.52. The predicted octanol–water partition coefficient (Wildman–Crippen LogP) is 1.74. The van der Waals surface area contributed by atoms with Crippen LogP contribution in [0, 0.1) is 0 Å². The number of ether oxygens (including phenoxy) is 2. The molecule has 0 radical (unpaired) electrons. The molecule has 0 aromatic heterocycles. The van der Waals surface area contributed by atoms with Crippen LogP contribution in [0.25, 0.3) is 0 Å². The lowest BCUT2D eigenvalue weighted by Crippen LogP contribution is -2.45. The summed E-state index contributed by atoms with van der Waals surface area (Å²) in [5.41, 5.74) is 0.421. The number of rotatable bonds is 4. The van der Waals surface area contributed by atoms with Crippen molar-refractivity contribution >= 4 is 5.91 Å². The average Bonchev–Trinajstić information content (AvgIpc) is 2.48. The van der Waals surface area contributed by atoms with E-state index in [1.807, 2.05) is 0 Å². The van der Waals surface area contributed by atoms with Crippen molar-refractivity contribution in [1.29, 1.82) is 0 Å². The molecule has 0 bridgehead atoms. The summed E-state index contributed by atoms with van der Waals surface area (Å²) in [7, 11) is 3.07. The Morgan fingerprint density at radius 3 is 2.65 bits per heavy atom. The summed E-state index contributed by atoms with van der Waals surface area (Å²) in [6.45, 7) is 0. The summed E-state index contributed by atoms with van der Waals surface area (Å²) in [6, 6.07) is 4.90. The van der Waals surface area contributed by atoms with Crippen LogP contribution in [0.5, 0.6) is 11.5 Å². The first-order valence-electron chi connectivity index (χ1n) is 6.86. The molecule has 5 heteroatoms. The van der Waals surface area contributed by atoms with Gasteiger partial charge in [0.2, 0.25) is 0 Å². The van der Waals surface area contributed by atoms with Crippen LogP contribution < -0.4 is 14.8 Å². The topological polar surface area (TPSA) is 67.8 Å². The van der Waals surface area contributed by atoms with E-state index < -0.39 is 6.10 Å². The van der Waals surface area contributed by atoms with Crippen LogP contribution in [-0.4, -0.2) is 37.4 Å². The lowest BCUT2D eigenvalue weighted by Gasteiger charge is -2.28. The van der Waals surface area contributed by atoms with Crippen LogP contribution in [0.2, 0.25) is 0 Å². The fourth-order valence-electron chi connectivity index (χ4n) is 2.52. The van der Waals surface area contributed by atoms with E-state index in [1.54, 1.807) is 25.3 Å². The molecule has 0 unspecified atom stereocenters. The van der Waals surface area contributed by atoms with E-state index in [-0.39, 0.29) is 11.9 Å². The van der Waals surface area contributed by atoms with Gasteiger partial charge in [-0.05, 0) is 31.0 Å². The van der Waals surface area contributed by atoms with E-state index in [4.69, 9.17) is 9.47 Å². The van der Waals surface area contributed by atoms with Gasteiger partial charge in [-0.2, -0.15) is 0 Å². The number of aliphatic hydroxyl groups excluding tert-OH is 1. The maximum atomic E-state index is 12.3. The van der Waals surface area contributed by atoms with Crippen molar-refractivity contribution in [2.45, 2.75) is 37.8 Å². The Balaban J connectivity index is 2.15. The summed E-state index contributed by atoms with van der Waals surface area (Å²) in [5.74, 6) is 0.848. The normalized spacial score (nSPS) is 22.1. The van der Waals surface area contributed by atoms with Gasteiger partial charge in [0.1, 0.15) is 11.5 Å². The van der Waals surface area contributed by atoms with Crippen LogP contribution in [0.15, 0.2) is 18.2 Å². The number of carbonyl (C=O) groups is 1. The minimum atomic E-state index is -0.468. The van der Waals surface area contributed by atoms with Crippen molar-refractivity contribution in [3.8, 4) is 11.5 Å². The molecular weight excluding hydrogens is 258 g/mol. The number of hydrogen-bond acceptors (Lipinski definition) is 4. The predicted molar refractivity (Wildman–Crippen MR) is 75.3 cm³/mol. The molecule has 110 valence electrons. The highest BCUT2D eigenvalue weighted by Gasteiger charge is 2.26. The van der Waals surface area contributed by atoms with E-state index in [0.29, 0.717) is 17.1 Å². The zero-order valence-corrected chi connectivity index (χ0v) is 11.9. The van der Waals surface area contributed by atoms with Gasteiger partial charge in [0.15, 0.2) is 0 Å². The molecule has 2 N–H and O–H groups in total. The maximum Gasteiger partial charge on any atom is 0.255 e. The second-order valence-electron chi connectivity index (χ2n) is 5.00. The lowest BCUT2D eigenvalue weighted by molar-refractivity contribution is 0.0715. The standard InChI is InChI=1S/C15H21NO4/c1-19-10-7-8-14(20-2)11(9-10)15(18)16-12-5-3-4-6-13(12)17/h7-9,12-13,17H,3-6H2,1-2H3,(H,16,18)/t12-,13-/m1/s1. The van der Waals surface area contributed by atoms with Crippen LogP contribution in [0.3, 0.4) is 0 Å². The highest BCUT2D eigenvalue weighted by atomic mass is 16.5. The number of aliphatic hydroxyl groups is 1. The van der Waals surface area contributed by atoms with Gasteiger partial charge in [-0.3, -0.25) is 4.79 Å². The van der Waals surface area contributed by atoms with Gasteiger partial charge in [0.05, 0.1) is 31.9 Å². The van der Waals surface area contributed by atoms with E-state index in [1.165, 1.54) is 7.11 Å². The quantitative estimate of drug-likeness (QED) is 0.881. The number of amides is 1.